The number of nitrogens with zero attached hydrogens (tertiary/aromatic N) is 1. The van der Waals surface area contributed by atoms with E-state index in [-0.39, 0.29) is 5.75 Å². The van der Waals surface area contributed by atoms with Crippen molar-refractivity contribution in [1.29, 1.82) is 0 Å². The van der Waals surface area contributed by atoms with Crippen LogP contribution in [0.3, 0.4) is 0 Å². The van der Waals surface area contributed by atoms with Gasteiger partial charge in [0.1, 0.15) is 11.5 Å². The fourth-order valence-corrected chi connectivity index (χ4v) is 1.64. The van der Waals surface area contributed by atoms with Gasteiger partial charge >= 0.3 is 0 Å². The van der Waals surface area contributed by atoms with Gasteiger partial charge in [-0.1, -0.05) is 0 Å². The molecule has 116 valence electrons. The number of nitrogens with one attached hydrogen (secondary N) is 2. The number of phenols is 1. The van der Waals surface area contributed by atoms with E-state index >= 15 is 0 Å². The lowest BCUT2D eigenvalue weighted by atomic mass is 10.2. The number of ether oxygens (including phenoxy) is 2. The maximum Gasteiger partial charge on any atom is 0.186 e. The molecule has 0 atom stereocenters. The molecule has 0 heterocycles. The number of rotatable bonds is 8. The predicted molar refractivity (Wildman–Crippen MR) is 87.1 cm³/mol. The minimum absolute atomic E-state index is 0.122. The summed E-state index contributed by atoms with van der Waals surface area (Å²) in [7, 11) is 1.56. The third kappa shape index (κ3) is 6.92. The number of thiocarbonyl (C=S) groups is 1. The molecular weight excluding hydrogens is 290 g/mol. The van der Waals surface area contributed by atoms with Crippen molar-refractivity contribution in [3.8, 4) is 11.5 Å². The highest BCUT2D eigenvalue weighted by atomic mass is 32.1. The van der Waals surface area contributed by atoms with Gasteiger partial charge in [0.2, 0.25) is 0 Å². The van der Waals surface area contributed by atoms with Crippen molar-refractivity contribution in [3.05, 3.63) is 23.8 Å². The van der Waals surface area contributed by atoms with E-state index in [0.29, 0.717) is 29.6 Å². The van der Waals surface area contributed by atoms with Gasteiger partial charge < -0.3 is 19.9 Å². The number of hydrazone groups is 1. The molecule has 0 aromatic heterocycles. The molecule has 3 N–H and O–H groups in total. The zero-order chi connectivity index (χ0) is 15.5. The molecule has 21 heavy (non-hydrogen) atoms. The third-order valence-electron chi connectivity index (χ3n) is 2.56. The Hall–Kier alpha value is -1.86. The maximum atomic E-state index is 9.68. The van der Waals surface area contributed by atoms with E-state index in [1.54, 1.807) is 25.3 Å². The second-order valence-electron chi connectivity index (χ2n) is 4.10. The van der Waals surface area contributed by atoms with Gasteiger partial charge in [0, 0.05) is 25.3 Å². The second-order valence-corrected chi connectivity index (χ2v) is 4.51. The van der Waals surface area contributed by atoms with E-state index in [0.717, 1.165) is 13.0 Å². The summed E-state index contributed by atoms with van der Waals surface area (Å²) < 4.78 is 10.3. The minimum Gasteiger partial charge on any atom is -0.507 e. The number of aromatic hydroxyl groups is 1. The van der Waals surface area contributed by atoms with Gasteiger partial charge in [-0.2, -0.15) is 5.10 Å². The van der Waals surface area contributed by atoms with Crippen LogP contribution < -0.4 is 15.5 Å². The molecule has 0 bridgehead atoms. The quantitative estimate of drug-likeness (QED) is 0.293. The Balaban J connectivity index is 2.35. The topological polar surface area (TPSA) is 75.1 Å². The minimum atomic E-state index is 0.122. The molecule has 0 aliphatic heterocycles. The number of phenolic OH excluding ortho intramolecular Hbond substituents is 1. The molecule has 0 amide bonds. The lowest BCUT2D eigenvalue weighted by Crippen LogP contribution is -2.33. The Morgan fingerprint density at radius 3 is 3.00 bits per heavy atom. The molecule has 7 heteroatoms. The Bertz CT molecular complexity index is 481. The number of methoxy groups -OCH3 is 1. The first-order valence-electron chi connectivity index (χ1n) is 6.69. The first-order valence-corrected chi connectivity index (χ1v) is 7.09. The van der Waals surface area contributed by atoms with Crippen LogP contribution in [0.15, 0.2) is 23.3 Å². The van der Waals surface area contributed by atoms with Crippen molar-refractivity contribution in [2.45, 2.75) is 13.3 Å². The molecule has 0 radical (unpaired) electrons. The smallest absolute Gasteiger partial charge is 0.186 e. The molecule has 0 saturated heterocycles. The highest BCUT2D eigenvalue weighted by molar-refractivity contribution is 7.80. The standard InChI is InChI=1S/C14H21N3O3S/c1-3-20-8-4-7-15-14(21)17-16-10-11-9-12(19-2)5-6-13(11)18/h5-6,9-10,18H,3-4,7-8H2,1-2H3,(H2,15,17,21)/b16-10+. The van der Waals surface area contributed by atoms with Gasteiger partial charge in [0.15, 0.2) is 5.11 Å². The number of hydrogen-bond donors (Lipinski definition) is 3. The first-order chi connectivity index (χ1) is 10.2. The van der Waals surface area contributed by atoms with Gasteiger partial charge in [-0.05, 0) is 43.8 Å². The normalized spacial score (nSPS) is 10.6. The van der Waals surface area contributed by atoms with E-state index in [4.69, 9.17) is 21.7 Å². The van der Waals surface area contributed by atoms with Gasteiger partial charge in [-0.3, -0.25) is 5.43 Å². The largest absolute Gasteiger partial charge is 0.507 e. The summed E-state index contributed by atoms with van der Waals surface area (Å²) >= 11 is 5.06. The number of hydrogen-bond acceptors (Lipinski definition) is 5. The van der Waals surface area contributed by atoms with E-state index in [2.05, 4.69) is 15.8 Å². The van der Waals surface area contributed by atoms with E-state index in [1.165, 1.54) is 6.21 Å². The number of benzene rings is 1. The summed E-state index contributed by atoms with van der Waals surface area (Å²) in [5.41, 5.74) is 3.23. The van der Waals surface area contributed by atoms with E-state index in [1.807, 2.05) is 6.92 Å². The summed E-state index contributed by atoms with van der Waals surface area (Å²) in [5.74, 6) is 0.766. The second kappa shape index (κ2) is 9.95. The monoisotopic (exact) mass is 311 g/mol. The highest BCUT2D eigenvalue weighted by Gasteiger charge is 2.00. The Labute approximate surface area is 130 Å². The maximum absolute atomic E-state index is 9.68. The first kappa shape index (κ1) is 17.2. The van der Waals surface area contributed by atoms with E-state index < -0.39 is 0 Å². The molecule has 1 aromatic carbocycles. The van der Waals surface area contributed by atoms with Gasteiger partial charge in [0.25, 0.3) is 0 Å². The summed E-state index contributed by atoms with van der Waals surface area (Å²) in [4.78, 5) is 0. The van der Waals surface area contributed by atoms with Crippen molar-refractivity contribution in [2.24, 2.45) is 5.10 Å². The lowest BCUT2D eigenvalue weighted by molar-refractivity contribution is 0.145. The van der Waals surface area contributed by atoms with Crippen LogP contribution in [0.4, 0.5) is 0 Å². The van der Waals surface area contributed by atoms with Gasteiger partial charge in [0.05, 0.1) is 13.3 Å². The van der Waals surface area contributed by atoms with Crippen LogP contribution in [-0.2, 0) is 4.74 Å². The van der Waals surface area contributed by atoms with Crippen molar-refractivity contribution in [1.82, 2.24) is 10.7 Å². The van der Waals surface area contributed by atoms with Crippen molar-refractivity contribution in [2.75, 3.05) is 26.9 Å². The summed E-state index contributed by atoms with van der Waals surface area (Å²) in [6.07, 6.45) is 2.35. The highest BCUT2D eigenvalue weighted by Crippen LogP contribution is 2.20. The fraction of sp³-hybridized carbons (Fsp3) is 0.429. The van der Waals surface area contributed by atoms with Gasteiger partial charge in [-0.15, -0.1) is 0 Å². The molecule has 0 fully saturated rings. The van der Waals surface area contributed by atoms with Crippen LogP contribution in [0.1, 0.15) is 18.9 Å². The molecule has 6 nitrogen and oxygen atoms in total. The molecule has 1 rings (SSSR count). The van der Waals surface area contributed by atoms with Crippen LogP contribution in [-0.4, -0.2) is 43.3 Å². The van der Waals surface area contributed by atoms with E-state index in [9.17, 15) is 5.11 Å². The Morgan fingerprint density at radius 1 is 1.48 bits per heavy atom. The lowest BCUT2D eigenvalue weighted by Gasteiger charge is -2.07. The fourth-order valence-electron chi connectivity index (χ4n) is 1.48. The van der Waals surface area contributed by atoms with Crippen LogP contribution in [0, 0.1) is 0 Å². The zero-order valence-electron chi connectivity index (χ0n) is 12.3. The molecule has 0 aliphatic carbocycles. The summed E-state index contributed by atoms with van der Waals surface area (Å²) in [5, 5.41) is 17.1. The molecule has 0 spiro atoms. The average Bonchev–Trinajstić information content (AvgIpc) is 2.49. The molecule has 0 unspecified atom stereocenters. The average molecular weight is 311 g/mol. The van der Waals surface area contributed by atoms with Crippen LogP contribution in [0.2, 0.25) is 0 Å². The molecule has 0 aliphatic rings. The van der Waals surface area contributed by atoms with Crippen molar-refractivity contribution >= 4 is 23.5 Å². The van der Waals surface area contributed by atoms with Crippen LogP contribution >= 0.6 is 12.2 Å². The Morgan fingerprint density at radius 2 is 2.29 bits per heavy atom. The van der Waals surface area contributed by atoms with Crippen molar-refractivity contribution < 1.29 is 14.6 Å². The van der Waals surface area contributed by atoms with Gasteiger partial charge in [-0.25, -0.2) is 0 Å². The molecule has 0 saturated carbocycles. The van der Waals surface area contributed by atoms with Crippen LogP contribution in [0.5, 0.6) is 11.5 Å². The Kier molecular flexibility index (Phi) is 8.15. The molecular formula is C14H21N3O3S. The predicted octanol–water partition coefficient (Wildman–Crippen LogP) is 1.63. The summed E-state index contributed by atoms with van der Waals surface area (Å²) in [6, 6.07) is 4.90. The summed E-state index contributed by atoms with van der Waals surface area (Å²) in [6.45, 7) is 4.10. The third-order valence-corrected chi connectivity index (χ3v) is 2.80. The van der Waals surface area contributed by atoms with Crippen LogP contribution in [0.25, 0.3) is 0 Å². The molecule has 1 aromatic rings. The van der Waals surface area contributed by atoms with Crippen molar-refractivity contribution in [3.63, 3.8) is 0 Å². The SMILES string of the molecule is CCOCCCNC(=S)N/N=C/c1cc(OC)ccc1O. The zero-order valence-corrected chi connectivity index (χ0v) is 13.1.